The summed E-state index contributed by atoms with van der Waals surface area (Å²) in [6.07, 6.45) is -5.34. The summed E-state index contributed by atoms with van der Waals surface area (Å²) in [5.74, 6) is -2.96. The van der Waals surface area contributed by atoms with E-state index in [0.717, 1.165) is 0 Å². The molecule has 2 amide bonds. The number of Topliss-reactive ketones (excluding diaryl/α,β-unsaturated/α-hetero) is 1. The van der Waals surface area contributed by atoms with Crippen LogP contribution in [0.2, 0.25) is 0 Å². The standard InChI is InChI=1S/C20H19F3N2O5/c1-29-13-10-6-9-12(17(13)30-2)15-14(16(26)11-7-4-3-5-8-11)19(28,20(21,22)23)25-18(27)24-15/h3-10,14-15,28H,1-2H3,(H2,24,25,27). The lowest BCUT2D eigenvalue weighted by Gasteiger charge is -2.45. The van der Waals surface area contributed by atoms with Gasteiger partial charge in [0, 0.05) is 11.1 Å². The molecule has 3 N–H and O–H groups in total. The van der Waals surface area contributed by atoms with Crippen LogP contribution in [0.3, 0.4) is 0 Å². The fourth-order valence-corrected chi connectivity index (χ4v) is 3.54. The van der Waals surface area contributed by atoms with Gasteiger partial charge in [-0.05, 0) is 6.07 Å². The van der Waals surface area contributed by atoms with E-state index in [0.29, 0.717) is 0 Å². The van der Waals surface area contributed by atoms with Crippen molar-refractivity contribution >= 4 is 11.8 Å². The number of rotatable bonds is 5. The molecular weight excluding hydrogens is 405 g/mol. The summed E-state index contributed by atoms with van der Waals surface area (Å²) in [5.41, 5.74) is -3.83. The van der Waals surface area contributed by atoms with Crippen molar-refractivity contribution in [1.29, 1.82) is 0 Å². The Labute approximate surface area is 169 Å². The fraction of sp³-hybridized carbons (Fsp3) is 0.300. The molecule has 7 nitrogen and oxygen atoms in total. The predicted octanol–water partition coefficient (Wildman–Crippen LogP) is 2.81. The molecule has 0 bridgehead atoms. The molecule has 3 unspecified atom stereocenters. The summed E-state index contributed by atoms with van der Waals surface area (Å²) in [7, 11) is 2.61. The Balaban J connectivity index is 2.24. The number of hydrogen-bond acceptors (Lipinski definition) is 5. The van der Waals surface area contributed by atoms with Gasteiger partial charge < -0.3 is 25.2 Å². The van der Waals surface area contributed by atoms with Gasteiger partial charge in [0.1, 0.15) is 5.92 Å². The van der Waals surface area contributed by atoms with E-state index in [1.54, 1.807) is 6.07 Å². The van der Waals surface area contributed by atoms with Gasteiger partial charge in [0.05, 0.1) is 20.3 Å². The second-order valence-corrected chi connectivity index (χ2v) is 6.63. The molecule has 2 aromatic rings. The first-order valence-corrected chi connectivity index (χ1v) is 8.82. The Morgan fingerprint density at radius 1 is 1.07 bits per heavy atom. The maximum atomic E-state index is 13.9. The summed E-state index contributed by atoms with van der Waals surface area (Å²) in [5, 5.41) is 14.4. The van der Waals surface area contributed by atoms with E-state index in [2.05, 4.69) is 5.32 Å². The minimum absolute atomic E-state index is 0.0302. The van der Waals surface area contributed by atoms with Crippen LogP contribution in [-0.4, -0.2) is 43.0 Å². The lowest BCUT2D eigenvalue weighted by atomic mass is 9.77. The number of amides is 2. The van der Waals surface area contributed by atoms with Gasteiger partial charge in [-0.25, -0.2) is 4.79 Å². The Kier molecular flexibility index (Phi) is 5.62. The van der Waals surface area contributed by atoms with Crippen molar-refractivity contribution in [2.75, 3.05) is 14.2 Å². The van der Waals surface area contributed by atoms with Gasteiger partial charge in [0.25, 0.3) is 0 Å². The molecule has 10 heteroatoms. The molecule has 3 rings (SSSR count). The van der Waals surface area contributed by atoms with Crippen molar-refractivity contribution in [3.05, 3.63) is 59.7 Å². The number of halogens is 3. The second-order valence-electron chi connectivity index (χ2n) is 6.63. The number of alkyl halides is 3. The third-order valence-corrected chi connectivity index (χ3v) is 4.92. The number of benzene rings is 2. The van der Waals surface area contributed by atoms with Crippen LogP contribution in [0, 0.1) is 5.92 Å². The van der Waals surface area contributed by atoms with Gasteiger partial charge in [-0.1, -0.05) is 42.5 Å². The Morgan fingerprint density at radius 3 is 2.30 bits per heavy atom. The van der Waals surface area contributed by atoms with Gasteiger partial charge in [0.15, 0.2) is 17.3 Å². The van der Waals surface area contributed by atoms with E-state index in [1.807, 2.05) is 0 Å². The van der Waals surface area contributed by atoms with Gasteiger partial charge >= 0.3 is 12.2 Å². The van der Waals surface area contributed by atoms with Crippen molar-refractivity contribution in [2.45, 2.75) is 17.9 Å². The minimum atomic E-state index is -5.34. The van der Waals surface area contributed by atoms with E-state index < -0.39 is 35.7 Å². The maximum Gasteiger partial charge on any atom is 0.437 e. The Morgan fingerprint density at radius 2 is 1.73 bits per heavy atom. The molecule has 1 aliphatic rings. The molecule has 0 aliphatic carbocycles. The molecule has 0 radical (unpaired) electrons. The number of urea groups is 1. The number of carbonyl (C=O) groups is 2. The number of ether oxygens (including phenoxy) is 2. The van der Waals surface area contributed by atoms with Crippen LogP contribution in [0.5, 0.6) is 11.5 Å². The first-order chi connectivity index (χ1) is 14.1. The first-order valence-electron chi connectivity index (χ1n) is 8.82. The van der Waals surface area contributed by atoms with Crippen molar-refractivity contribution in [2.24, 2.45) is 5.92 Å². The van der Waals surface area contributed by atoms with Crippen molar-refractivity contribution < 1.29 is 37.3 Å². The molecule has 1 fully saturated rings. The van der Waals surface area contributed by atoms with Gasteiger partial charge in [-0.15, -0.1) is 0 Å². The lowest BCUT2D eigenvalue weighted by molar-refractivity contribution is -0.287. The lowest BCUT2D eigenvalue weighted by Crippen LogP contribution is -2.72. The third-order valence-electron chi connectivity index (χ3n) is 4.92. The number of methoxy groups -OCH3 is 2. The van der Waals surface area contributed by atoms with Crippen molar-refractivity contribution in [3.63, 3.8) is 0 Å². The summed E-state index contributed by atoms with van der Waals surface area (Å²) in [6, 6.07) is 8.73. The first kappa shape index (κ1) is 21.4. The molecule has 1 saturated heterocycles. The smallest absolute Gasteiger partial charge is 0.437 e. The van der Waals surface area contributed by atoms with Crippen LogP contribution in [0.4, 0.5) is 18.0 Å². The number of para-hydroxylation sites is 1. The number of aliphatic hydroxyl groups is 1. The van der Waals surface area contributed by atoms with Crippen LogP contribution in [0.15, 0.2) is 48.5 Å². The molecule has 3 atom stereocenters. The normalized spacial score (nSPS) is 23.9. The topological polar surface area (TPSA) is 96.9 Å². The molecule has 0 spiro atoms. The molecule has 160 valence electrons. The van der Waals surface area contributed by atoms with Crippen LogP contribution >= 0.6 is 0 Å². The van der Waals surface area contributed by atoms with E-state index in [-0.39, 0.29) is 22.6 Å². The van der Waals surface area contributed by atoms with Crippen LogP contribution < -0.4 is 20.1 Å². The molecule has 30 heavy (non-hydrogen) atoms. The van der Waals surface area contributed by atoms with Crippen LogP contribution in [0.1, 0.15) is 22.0 Å². The minimum Gasteiger partial charge on any atom is -0.493 e. The van der Waals surface area contributed by atoms with Crippen molar-refractivity contribution in [3.8, 4) is 11.5 Å². The third kappa shape index (κ3) is 3.54. The van der Waals surface area contributed by atoms with Crippen LogP contribution in [-0.2, 0) is 0 Å². The van der Waals surface area contributed by atoms with E-state index in [4.69, 9.17) is 9.47 Å². The van der Waals surface area contributed by atoms with E-state index >= 15 is 0 Å². The highest BCUT2D eigenvalue weighted by molar-refractivity contribution is 6.00. The Hall–Kier alpha value is -3.27. The molecule has 2 aromatic carbocycles. The zero-order valence-electron chi connectivity index (χ0n) is 16.0. The summed E-state index contributed by atoms with van der Waals surface area (Å²) >= 11 is 0. The average Bonchev–Trinajstić information content (AvgIpc) is 2.71. The zero-order valence-corrected chi connectivity index (χ0v) is 16.0. The molecular formula is C20H19F3N2O5. The molecule has 1 heterocycles. The quantitative estimate of drug-likeness (QED) is 0.642. The average molecular weight is 424 g/mol. The van der Waals surface area contributed by atoms with E-state index in [9.17, 15) is 27.9 Å². The summed E-state index contributed by atoms with van der Waals surface area (Å²) in [6.45, 7) is 0. The maximum absolute atomic E-state index is 13.9. The largest absolute Gasteiger partial charge is 0.493 e. The van der Waals surface area contributed by atoms with Crippen LogP contribution in [0.25, 0.3) is 0 Å². The fourth-order valence-electron chi connectivity index (χ4n) is 3.54. The molecule has 0 aromatic heterocycles. The number of nitrogens with one attached hydrogen (secondary N) is 2. The van der Waals surface area contributed by atoms with Crippen molar-refractivity contribution in [1.82, 2.24) is 10.6 Å². The molecule has 1 aliphatic heterocycles. The number of carbonyl (C=O) groups excluding carboxylic acids is 2. The monoisotopic (exact) mass is 424 g/mol. The molecule has 0 saturated carbocycles. The van der Waals surface area contributed by atoms with Gasteiger partial charge in [0.2, 0.25) is 5.72 Å². The highest BCUT2D eigenvalue weighted by atomic mass is 19.4. The van der Waals surface area contributed by atoms with E-state index in [1.165, 1.54) is 62.0 Å². The summed E-state index contributed by atoms with van der Waals surface area (Å²) in [4.78, 5) is 25.3. The highest BCUT2D eigenvalue weighted by Gasteiger charge is 2.66. The number of ketones is 1. The summed E-state index contributed by atoms with van der Waals surface area (Å²) < 4.78 is 52.3. The highest BCUT2D eigenvalue weighted by Crippen LogP contribution is 2.47. The van der Waals surface area contributed by atoms with Gasteiger partial charge in [-0.2, -0.15) is 13.2 Å². The van der Waals surface area contributed by atoms with Gasteiger partial charge in [-0.3, -0.25) is 4.79 Å². The second kappa shape index (κ2) is 7.86. The SMILES string of the molecule is COc1cccc(C2NC(=O)NC(O)(C(F)(F)F)C2C(=O)c2ccccc2)c1OC. The Bertz CT molecular complexity index is 951. The predicted molar refractivity (Wildman–Crippen MR) is 99.2 cm³/mol. The number of hydrogen-bond donors (Lipinski definition) is 3. The zero-order chi connectivity index (χ0) is 22.1.